The van der Waals surface area contributed by atoms with Crippen molar-refractivity contribution < 1.29 is 8.83 Å². The maximum absolute atomic E-state index is 6.92. The number of benzene rings is 8. The highest BCUT2D eigenvalue weighted by Crippen LogP contribution is 2.53. The van der Waals surface area contributed by atoms with Gasteiger partial charge in [-0.1, -0.05) is 158 Å². The van der Waals surface area contributed by atoms with E-state index in [1.165, 1.54) is 16.7 Å². The molecule has 8 aromatic carbocycles. The van der Waals surface area contributed by atoms with Crippen LogP contribution in [0.15, 0.2) is 191 Å². The Morgan fingerprint density at radius 2 is 0.895 bits per heavy atom. The third-order valence-corrected chi connectivity index (χ3v) is 11.4. The van der Waals surface area contributed by atoms with Crippen LogP contribution in [0.4, 0.5) is 0 Å². The molecule has 11 aromatic rings. The van der Waals surface area contributed by atoms with E-state index < -0.39 is 0 Å². The largest absolute Gasteiger partial charge is 0.456 e. The van der Waals surface area contributed by atoms with Gasteiger partial charge in [0.25, 0.3) is 0 Å². The summed E-state index contributed by atoms with van der Waals surface area (Å²) in [5.41, 5.74) is 14.4. The van der Waals surface area contributed by atoms with Gasteiger partial charge in [-0.15, -0.1) is 0 Å². The van der Waals surface area contributed by atoms with Gasteiger partial charge in [0.2, 0.25) is 0 Å². The van der Waals surface area contributed by atoms with Gasteiger partial charge in [0.1, 0.15) is 22.3 Å². The third kappa shape index (κ3) is 4.99. The molecule has 0 radical (unpaired) electrons. The van der Waals surface area contributed by atoms with Gasteiger partial charge in [-0.2, -0.15) is 0 Å². The van der Waals surface area contributed by atoms with Crippen molar-refractivity contribution in [2.75, 3.05) is 0 Å². The molecule has 5 nitrogen and oxygen atoms in total. The Hall–Kier alpha value is -7.63. The van der Waals surface area contributed by atoms with Crippen LogP contribution in [0.2, 0.25) is 0 Å². The van der Waals surface area contributed by atoms with E-state index in [-0.39, 0.29) is 5.92 Å². The first-order valence-corrected chi connectivity index (χ1v) is 19.2. The summed E-state index contributed by atoms with van der Waals surface area (Å²) >= 11 is 0. The lowest BCUT2D eigenvalue weighted by molar-refractivity contribution is 0.661. The second kappa shape index (κ2) is 12.4. The number of nitrogens with zero attached hydrogens (tertiary/aromatic N) is 3. The van der Waals surface area contributed by atoms with Gasteiger partial charge in [0.15, 0.2) is 17.5 Å². The van der Waals surface area contributed by atoms with Gasteiger partial charge < -0.3 is 8.83 Å². The molecule has 3 heterocycles. The van der Waals surface area contributed by atoms with Crippen LogP contribution in [0, 0.1) is 0 Å². The molecule has 0 spiro atoms. The summed E-state index contributed by atoms with van der Waals surface area (Å²) in [6.45, 7) is 0. The smallest absolute Gasteiger partial charge is 0.164 e. The number of fused-ring (bicyclic) bond motifs is 10. The summed E-state index contributed by atoms with van der Waals surface area (Å²) in [6, 6.07) is 63.1. The van der Waals surface area contributed by atoms with Crippen LogP contribution in [-0.2, 0) is 0 Å². The fraction of sp³-hybridized carbons (Fsp3) is 0.0192. The van der Waals surface area contributed by atoms with E-state index in [2.05, 4.69) is 133 Å². The normalized spacial score (nSPS) is 13.4. The Balaban J connectivity index is 1.01. The Morgan fingerprint density at radius 1 is 0.333 bits per heavy atom. The number of rotatable bonds is 5. The molecule has 1 atom stereocenters. The van der Waals surface area contributed by atoms with E-state index in [1.54, 1.807) is 0 Å². The molecule has 12 rings (SSSR count). The van der Waals surface area contributed by atoms with E-state index in [4.69, 9.17) is 23.8 Å². The van der Waals surface area contributed by atoms with Gasteiger partial charge in [-0.25, -0.2) is 15.0 Å². The maximum atomic E-state index is 6.92. The highest BCUT2D eigenvalue weighted by molar-refractivity contribution is 6.12. The lowest BCUT2D eigenvalue weighted by Gasteiger charge is -2.14. The molecule has 0 saturated heterocycles. The topological polar surface area (TPSA) is 65.0 Å². The van der Waals surface area contributed by atoms with Gasteiger partial charge >= 0.3 is 0 Å². The average Bonchev–Trinajstić information content (AvgIpc) is 3.96. The Morgan fingerprint density at radius 3 is 1.74 bits per heavy atom. The van der Waals surface area contributed by atoms with Crippen molar-refractivity contribution in [1.29, 1.82) is 0 Å². The van der Waals surface area contributed by atoms with Crippen molar-refractivity contribution >= 4 is 43.9 Å². The third-order valence-electron chi connectivity index (χ3n) is 11.4. The Kier molecular flexibility index (Phi) is 6.92. The molecule has 5 heteroatoms. The van der Waals surface area contributed by atoms with E-state index in [0.717, 1.165) is 82.8 Å². The summed E-state index contributed by atoms with van der Waals surface area (Å²) < 4.78 is 13.5. The number of hydrogen-bond donors (Lipinski definition) is 0. The predicted octanol–water partition coefficient (Wildman–Crippen LogP) is 13.5. The maximum Gasteiger partial charge on any atom is 0.164 e. The van der Waals surface area contributed by atoms with Crippen LogP contribution < -0.4 is 0 Å². The molecule has 0 N–H and O–H groups in total. The number of hydrogen-bond acceptors (Lipinski definition) is 5. The molecule has 266 valence electrons. The van der Waals surface area contributed by atoms with Crippen molar-refractivity contribution in [3.05, 3.63) is 199 Å². The summed E-state index contributed by atoms with van der Waals surface area (Å²) in [5, 5.41) is 4.38. The van der Waals surface area contributed by atoms with E-state index in [0.29, 0.717) is 17.5 Å². The fourth-order valence-electron chi connectivity index (χ4n) is 8.81. The number of furan rings is 2. The minimum absolute atomic E-state index is 0.0243. The average molecular weight is 730 g/mol. The molecule has 3 aromatic heterocycles. The van der Waals surface area contributed by atoms with Crippen LogP contribution in [0.1, 0.15) is 22.6 Å². The van der Waals surface area contributed by atoms with Crippen LogP contribution in [0.3, 0.4) is 0 Å². The second-order valence-corrected chi connectivity index (χ2v) is 14.7. The molecule has 0 amide bonds. The van der Waals surface area contributed by atoms with Gasteiger partial charge in [-0.3, -0.25) is 0 Å². The summed E-state index contributed by atoms with van der Waals surface area (Å²) in [5.74, 6) is 1.79. The Bertz CT molecular complexity index is 3360. The van der Waals surface area contributed by atoms with E-state index in [1.807, 2.05) is 48.5 Å². The molecule has 0 aliphatic heterocycles. The van der Waals surface area contributed by atoms with Gasteiger partial charge in [-0.05, 0) is 52.1 Å². The van der Waals surface area contributed by atoms with Crippen LogP contribution >= 0.6 is 0 Å². The first-order valence-electron chi connectivity index (χ1n) is 19.2. The Labute approximate surface area is 327 Å². The van der Waals surface area contributed by atoms with Gasteiger partial charge in [0, 0.05) is 55.3 Å². The highest BCUT2D eigenvalue weighted by Gasteiger charge is 2.34. The molecule has 1 aliphatic rings. The van der Waals surface area contributed by atoms with Crippen LogP contribution in [0.25, 0.3) is 100 Å². The van der Waals surface area contributed by atoms with Crippen molar-refractivity contribution in [3.63, 3.8) is 0 Å². The van der Waals surface area contributed by atoms with Crippen LogP contribution in [-0.4, -0.2) is 15.0 Å². The molecule has 1 aliphatic carbocycles. The molecule has 57 heavy (non-hydrogen) atoms. The predicted molar refractivity (Wildman–Crippen MR) is 229 cm³/mol. The standard InChI is InChI=1S/C52H31N3O2/c1-3-13-31(14-4-1)33-17-11-18-34(29-33)51-53-50(32-15-5-2-6-16-32)54-52(55-51)35-25-26-37-40-22-12-23-43(48(40)57-45(37)30-35)46-38-20-7-8-21-39(38)47-42(46)28-27-41-36-19-9-10-24-44(36)56-49(41)47/h1-30,46H/t46-/m0/s1. The second-order valence-electron chi connectivity index (χ2n) is 14.7. The van der Waals surface area contributed by atoms with E-state index >= 15 is 0 Å². The molecule has 0 bridgehead atoms. The first-order chi connectivity index (χ1) is 28.2. The number of para-hydroxylation sites is 2. The monoisotopic (exact) mass is 729 g/mol. The molecule has 0 fully saturated rings. The van der Waals surface area contributed by atoms with Crippen molar-refractivity contribution in [2.24, 2.45) is 0 Å². The summed E-state index contributed by atoms with van der Waals surface area (Å²) in [7, 11) is 0. The lowest BCUT2D eigenvalue weighted by Crippen LogP contribution is -2.00. The van der Waals surface area contributed by atoms with Crippen molar-refractivity contribution in [1.82, 2.24) is 15.0 Å². The van der Waals surface area contributed by atoms with Crippen LogP contribution in [0.5, 0.6) is 0 Å². The molecular weight excluding hydrogens is 699 g/mol. The zero-order chi connectivity index (χ0) is 37.5. The van der Waals surface area contributed by atoms with Crippen molar-refractivity contribution in [2.45, 2.75) is 5.92 Å². The van der Waals surface area contributed by atoms with E-state index in [9.17, 15) is 0 Å². The zero-order valence-electron chi connectivity index (χ0n) is 30.6. The fourth-order valence-corrected chi connectivity index (χ4v) is 8.81. The number of aromatic nitrogens is 3. The molecule has 0 unspecified atom stereocenters. The van der Waals surface area contributed by atoms with Crippen molar-refractivity contribution in [3.8, 4) is 56.4 Å². The van der Waals surface area contributed by atoms with Gasteiger partial charge in [0.05, 0.1) is 0 Å². The zero-order valence-corrected chi connectivity index (χ0v) is 30.6. The lowest BCUT2D eigenvalue weighted by atomic mass is 9.88. The SMILES string of the molecule is c1ccc(-c2cccc(-c3nc(-c4ccccc4)nc(-c4ccc5c(c4)oc4c([C@H]6c7ccccc7-c7c6ccc6c7oc7ccccc76)cccc45)n3)c2)cc1. The minimum atomic E-state index is -0.0243. The minimum Gasteiger partial charge on any atom is -0.456 e. The molecule has 0 saturated carbocycles. The first kappa shape index (κ1) is 31.7. The summed E-state index contributed by atoms with van der Waals surface area (Å²) in [6.07, 6.45) is 0. The highest BCUT2D eigenvalue weighted by atomic mass is 16.3. The molecular formula is C52H31N3O2. The summed E-state index contributed by atoms with van der Waals surface area (Å²) in [4.78, 5) is 15.1. The quantitative estimate of drug-likeness (QED) is 0.176.